The minimum atomic E-state index is -0.306. The quantitative estimate of drug-likeness (QED) is 0.152. The van der Waals surface area contributed by atoms with Gasteiger partial charge in [0.1, 0.15) is 22.3 Å². The van der Waals surface area contributed by atoms with Crippen LogP contribution in [0.15, 0.2) is 203 Å². The Morgan fingerprint density at radius 2 is 0.688 bits per heavy atom. The van der Waals surface area contributed by atoms with Gasteiger partial charge in [0.05, 0.1) is 11.4 Å². The van der Waals surface area contributed by atoms with Gasteiger partial charge < -0.3 is 18.6 Å². The van der Waals surface area contributed by atoms with E-state index < -0.39 is 0 Å². The zero-order chi connectivity index (χ0) is 55.5. The molecule has 0 saturated carbocycles. The molecule has 0 unspecified atom stereocenters. The molecule has 0 radical (unpaired) electrons. The summed E-state index contributed by atoms with van der Waals surface area (Å²) in [7, 11) is 0. The van der Waals surface area contributed by atoms with Gasteiger partial charge in [-0.1, -0.05) is 175 Å². The monoisotopic (exact) mass is 1040 g/mol. The largest absolute Gasteiger partial charge is 0.456 e. The first-order chi connectivity index (χ1) is 38.4. The van der Waals surface area contributed by atoms with Crippen molar-refractivity contribution in [3.63, 3.8) is 0 Å². The van der Waals surface area contributed by atoms with Crippen LogP contribution in [0.1, 0.15) is 86.1 Å². The summed E-state index contributed by atoms with van der Waals surface area (Å²) in [5.74, 6) is 0. The molecule has 0 amide bonds. The molecule has 13 rings (SSSR count). The third-order valence-corrected chi connectivity index (χ3v) is 16.7. The van der Waals surface area contributed by atoms with Crippen LogP contribution in [-0.4, -0.2) is 0 Å². The van der Waals surface area contributed by atoms with Crippen molar-refractivity contribution < 1.29 is 8.83 Å². The molecule has 0 bridgehead atoms. The lowest BCUT2D eigenvalue weighted by Gasteiger charge is -2.30. The van der Waals surface area contributed by atoms with Crippen LogP contribution in [0.25, 0.3) is 87.7 Å². The Balaban J connectivity index is 1.00. The first-order valence-corrected chi connectivity index (χ1v) is 28.2. The van der Waals surface area contributed by atoms with Crippen molar-refractivity contribution in [3.05, 3.63) is 239 Å². The van der Waals surface area contributed by atoms with Gasteiger partial charge in [0.2, 0.25) is 0 Å². The average Bonchev–Trinajstić information content (AvgIpc) is 4.18. The Morgan fingerprint density at radius 1 is 0.312 bits per heavy atom. The summed E-state index contributed by atoms with van der Waals surface area (Å²) in [6, 6.07) is 71.4. The molecule has 394 valence electrons. The molecule has 0 saturated heterocycles. The van der Waals surface area contributed by atoms with Gasteiger partial charge in [-0.15, -0.1) is 0 Å². The van der Waals surface area contributed by atoms with Crippen LogP contribution in [0, 0.1) is 41.5 Å². The maximum Gasteiger partial charge on any atom is 0.140 e. The third kappa shape index (κ3) is 8.43. The number of fused-ring (bicyclic) bond motifs is 8. The van der Waals surface area contributed by atoms with Gasteiger partial charge in [0.15, 0.2) is 0 Å². The summed E-state index contributed by atoms with van der Waals surface area (Å²) in [6.07, 6.45) is 0. The number of nitrogens with zero attached hydrogens (tertiary/aromatic N) is 2. The predicted molar refractivity (Wildman–Crippen MR) is 342 cm³/mol. The average molecular weight is 1040 g/mol. The fourth-order valence-electron chi connectivity index (χ4n) is 12.9. The molecule has 2 aromatic heterocycles. The normalized spacial score (nSPS) is 12.2. The number of para-hydroxylation sites is 2. The Kier molecular flexibility index (Phi) is 12.0. The minimum absolute atomic E-state index is 0.306. The number of rotatable bonds is 8. The molecular formula is C76H68N2O2. The van der Waals surface area contributed by atoms with E-state index in [2.05, 4.69) is 287 Å². The van der Waals surface area contributed by atoms with E-state index in [0.717, 1.165) is 99.3 Å². The van der Waals surface area contributed by atoms with E-state index in [1.807, 2.05) is 0 Å². The van der Waals surface area contributed by atoms with E-state index in [1.165, 1.54) is 67.0 Å². The summed E-state index contributed by atoms with van der Waals surface area (Å²) < 4.78 is 14.8. The molecule has 4 heteroatoms. The molecule has 0 aliphatic rings. The lowest BCUT2D eigenvalue weighted by Crippen LogP contribution is -2.16. The maximum atomic E-state index is 7.39. The number of anilines is 6. The van der Waals surface area contributed by atoms with Crippen molar-refractivity contribution >= 4 is 99.5 Å². The van der Waals surface area contributed by atoms with E-state index in [9.17, 15) is 0 Å². The molecule has 0 fully saturated rings. The predicted octanol–water partition coefficient (Wildman–Crippen LogP) is 22.5. The van der Waals surface area contributed by atoms with Crippen LogP contribution in [-0.2, 0) is 10.8 Å². The molecule has 2 heterocycles. The summed E-state index contributed by atoms with van der Waals surface area (Å²) >= 11 is 0. The number of aryl methyl sites for hydroxylation is 6. The van der Waals surface area contributed by atoms with Gasteiger partial charge in [-0.25, -0.2) is 0 Å². The van der Waals surface area contributed by atoms with Gasteiger partial charge in [-0.3, -0.25) is 0 Å². The first kappa shape index (κ1) is 50.6. The van der Waals surface area contributed by atoms with Crippen molar-refractivity contribution in [1.82, 2.24) is 0 Å². The van der Waals surface area contributed by atoms with E-state index in [1.54, 1.807) is 0 Å². The summed E-state index contributed by atoms with van der Waals surface area (Å²) in [6.45, 7) is 27.2. The van der Waals surface area contributed by atoms with Crippen molar-refractivity contribution in [3.8, 4) is 22.3 Å². The molecule has 0 aliphatic carbocycles. The number of furan rings is 2. The lowest BCUT2D eigenvalue weighted by atomic mass is 9.77. The van der Waals surface area contributed by atoms with Gasteiger partial charge >= 0.3 is 0 Å². The molecule has 0 atom stereocenters. The van der Waals surface area contributed by atoms with Crippen LogP contribution < -0.4 is 9.80 Å². The highest BCUT2D eigenvalue weighted by Crippen LogP contribution is 2.52. The third-order valence-electron chi connectivity index (χ3n) is 16.7. The highest BCUT2D eigenvalue weighted by atomic mass is 16.3. The van der Waals surface area contributed by atoms with Crippen LogP contribution in [0.4, 0.5) is 34.1 Å². The number of hydrogen-bond acceptors (Lipinski definition) is 4. The molecule has 11 aromatic carbocycles. The van der Waals surface area contributed by atoms with Crippen molar-refractivity contribution in [1.29, 1.82) is 0 Å². The van der Waals surface area contributed by atoms with Crippen LogP contribution in [0.2, 0.25) is 0 Å². The second kappa shape index (κ2) is 18.9. The van der Waals surface area contributed by atoms with Crippen LogP contribution in [0.5, 0.6) is 0 Å². The molecule has 0 spiro atoms. The fourth-order valence-corrected chi connectivity index (χ4v) is 12.9. The molecule has 13 aromatic rings. The van der Waals surface area contributed by atoms with Gasteiger partial charge in [-0.05, 0) is 190 Å². The second-order valence-electron chi connectivity index (χ2n) is 24.5. The van der Waals surface area contributed by atoms with Gasteiger partial charge in [0.25, 0.3) is 0 Å². The molecule has 4 nitrogen and oxygen atoms in total. The SMILES string of the molecule is Cc1ccc(-c2ccccc2)cc1N(c1ccc2cc3c(cc2c1)oc1c(C(C)(C)C)c2c(oc4cc5cc(N(c6cc(-c7ccccc7)ccc6C)c6c(C)cccc6C)ccc5cc42)c(C(C)(C)C)c13)c1c(C)cccc1C. The molecule has 0 N–H and O–H groups in total. The lowest BCUT2D eigenvalue weighted by molar-refractivity contribution is 0.564. The number of hydrogen-bond donors (Lipinski definition) is 0. The summed E-state index contributed by atoms with van der Waals surface area (Å²) in [5, 5.41) is 9.00. The van der Waals surface area contributed by atoms with Crippen molar-refractivity contribution in [2.75, 3.05) is 9.80 Å². The van der Waals surface area contributed by atoms with Crippen molar-refractivity contribution in [2.24, 2.45) is 0 Å². The van der Waals surface area contributed by atoms with Gasteiger partial charge in [-0.2, -0.15) is 0 Å². The topological polar surface area (TPSA) is 32.8 Å². The zero-order valence-corrected chi connectivity index (χ0v) is 48.2. The molecule has 0 aliphatic heterocycles. The summed E-state index contributed by atoms with van der Waals surface area (Å²) in [5.41, 5.74) is 24.2. The highest BCUT2D eigenvalue weighted by molar-refractivity contribution is 6.23. The standard InChI is InChI=1S/C76H68N2O2/c1-45-29-31-55(51-25-15-13-16-26-51)41-63(45)77(71-47(3)21-19-22-48(71)4)59-35-33-53-39-61-65(43-57(53)37-59)79-73-67(61)69(75(7,8)9)74-68(70(73)76(10,11)12)62-40-54-34-36-60(38-58(54)44-66(62)80-74)78(72-49(5)23-20-24-50(72)6)64-42-56(32-30-46(64)2)52-27-17-14-18-28-52/h13-44H,1-12H3. The second-order valence-corrected chi connectivity index (χ2v) is 24.5. The molecular weight excluding hydrogens is 973 g/mol. The maximum absolute atomic E-state index is 7.39. The van der Waals surface area contributed by atoms with E-state index in [-0.39, 0.29) is 10.8 Å². The van der Waals surface area contributed by atoms with Crippen molar-refractivity contribution in [2.45, 2.75) is 93.9 Å². The number of benzene rings is 11. The van der Waals surface area contributed by atoms with E-state index in [0.29, 0.717) is 0 Å². The fraction of sp³-hybridized carbons (Fsp3) is 0.184. The Hall–Kier alpha value is -8.86. The van der Waals surface area contributed by atoms with Crippen LogP contribution in [0.3, 0.4) is 0 Å². The van der Waals surface area contributed by atoms with Gasteiger partial charge in [0, 0.05) is 55.4 Å². The Morgan fingerprint density at radius 3 is 1.05 bits per heavy atom. The van der Waals surface area contributed by atoms with E-state index in [4.69, 9.17) is 8.83 Å². The first-order valence-electron chi connectivity index (χ1n) is 28.2. The molecule has 80 heavy (non-hydrogen) atoms. The van der Waals surface area contributed by atoms with E-state index >= 15 is 0 Å². The van der Waals surface area contributed by atoms with Crippen LogP contribution >= 0.6 is 0 Å². The highest BCUT2D eigenvalue weighted by Gasteiger charge is 2.35. The summed E-state index contributed by atoms with van der Waals surface area (Å²) in [4.78, 5) is 4.92. The Labute approximate surface area is 470 Å². The zero-order valence-electron chi connectivity index (χ0n) is 48.2. The minimum Gasteiger partial charge on any atom is -0.456 e. The smallest absolute Gasteiger partial charge is 0.140 e. The Bertz CT molecular complexity index is 4280.